The Balaban J connectivity index is 2.05. The topological polar surface area (TPSA) is 51.2 Å². The van der Waals surface area contributed by atoms with Crippen molar-refractivity contribution in [2.24, 2.45) is 0 Å². The van der Waals surface area contributed by atoms with Gasteiger partial charge in [0.2, 0.25) is 0 Å². The summed E-state index contributed by atoms with van der Waals surface area (Å²) in [5.41, 5.74) is 2.04. The molecular formula is C14H15ClN2O2S. The lowest BCUT2D eigenvalue weighted by molar-refractivity contribution is 0.171. The van der Waals surface area contributed by atoms with E-state index in [0.717, 1.165) is 27.6 Å². The monoisotopic (exact) mass is 310 g/mol. The van der Waals surface area contributed by atoms with Crippen molar-refractivity contribution < 1.29 is 9.53 Å². The number of carbonyl (C=O) groups excluding carboxylic acids is 1. The third kappa shape index (κ3) is 3.71. The molecule has 0 unspecified atom stereocenters. The van der Waals surface area contributed by atoms with Crippen molar-refractivity contribution in [1.29, 1.82) is 0 Å². The van der Waals surface area contributed by atoms with E-state index in [4.69, 9.17) is 11.6 Å². The van der Waals surface area contributed by atoms with Crippen LogP contribution in [0.15, 0.2) is 24.3 Å². The highest BCUT2D eigenvalue weighted by Crippen LogP contribution is 2.28. The average Bonchev–Trinajstić information content (AvgIpc) is 2.81. The van der Waals surface area contributed by atoms with Crippen LogP contribution in [0.5, 0.6) is 0 Å². The lowest BCUT2D eigenvalue weighted by atomic mass is 10.2. The quantitative estimate of drug-likeness (QED) is 0.937. The van der Waals surface area contributed by atoms with Crippen molar-refractivity contribution in [3.05, 3.63) is 39.9 Å². The number of methoxy groups -OCH3 is 1. The van der Waals surface area contributed by atoms with Gasteiger partial charge in [0.1, 0.15) is 5.01 Å². The zero-order valence-corrected chi connectivity index (χ0v) is 12.8. The van der Waals surface area contributed by atoms with Crippen LogP contribution in [0.3, 0.4) is 0 Å². The fourth-order valence-electron chi connectivity index (χ4n) is 1.73. The summed E-state index contributed by atoms with van der Waals surface area (Å²) in [6, 6.07) is 7.62. The number of nitrogens with one attached hydrogen (secondary N) is 1. The van der Waals surface area contributed by atoms with Gasteiger partial charge in [0.05, 0.1) is 12.8 Å². The highest BCUT2D eigenvalue weighted by Gasteiger charge is 2.09. The van der Waals surface area contributed by atoms with E-state index >= 15 is 0 Å². The molecule has 1 heterocycles. The van der Waals surface area contributed by atoms with Crippen LogP contribution < -0.4 is 5.32 Å². The molecular weight excluding hydrogens is 296 g/mol. The van der Waals surface area contributed by atoms with Crippen LogP contribution in [0.4, 0.5) is 4.79 Å². The Hall–Kier alpha value is -1.59. The number of thiazole rings is 1. The first-order valence-corrected chi connectivity index (χ1v) is 7.33. The van der Waals surface area contributed by atoms with E-state index in [1.807, 2.05) is 31.2 Å². The van der Waals surface area contributed by atoms with Gasteiger partial charge in [-0.25, -0.2) is 9.78 Å². The van der Waals surface area contributed by atoms with Gasteiger partial charge in [0.25, 0.3) is 0 Å². The Kier molecular flexibility index (Phi) is 4.98. The van der Waals surface area contributed by atoms with Gasteiger partial charge >= 0.3 is 6.09 Å². The third-order valence-electron chi connectivity index (χ3n) is 2.79. The van der Waals surface area contributed by atoms with Gasteiger partial charge in [0, 0.05) is 28.4 Å². The highest BCUT2D eigenvalue weighted by atomic mass is 35.5. The number of ether oxygens (including phenoxy) is 1. The van der Waals surface area contributed by atoms with Crippen LogP contribution >= 0.6 is 22.9 Å². The van der Waals surface area contributed by atoms with Crippen molar-refractivity contribution in [3.63, 3.8) is 0 Å². The SMILES string of the molecule is COC(=O)NCCc1sc(-c2ccc(Cl)cc2)nc1C. The molecule has 106 valence electrons. The summed E-state index contributed by atoms with van der Waals surface area (Å²) < 4.78 is 4.53. The molecule has 0 bridgehead atoms. The number of aryl methyl sites for hydroxylation is 1. The number of alkyl carbamates (subject to hydrolysis) is 1. The number of hydrogen-bond donors (Lipinski definition) is 1. The maximum absolute atomic E-state index is 11.0. The van der Waals surface area contributed by atoms with Gasteiger partial charge in [0.15, 0.2) is 0 Å². The van der Waals surface area contributed by atoms with Crippen molar-refractivity contribution in [2.45, 2.75) is 13.3 Å². The van der Waals surface area contributed by atoms with Crippen molar-refractivity contribution in [1.82, 2.24) is 10.3 Å². The van der Waals surface area contributed by atoms with Gasteiger partial charge in [-0.1, -0.05) is 23.7 Å². The molecule has 0 aliphatic rings. The summed E-state index contributed by atoms with van der Waals surface area (Å²) in [6.07, 6.45) is 0.330. The Morgan fingerprint density at radius 3 is 2.75 bits per heavy atom. The smallest absolute Gasteiger partial charge is 0.406 e. The van der Waals surface area contributed by atoms with E-state index in [-0.39, 0.29) is 0 Å². The highest BCUT2D eigenvalue weighted by molar-refractivity contribution is 7.15. The minimum atomic E-state index is -0.412. The first kappa shape index (κ1) is 14.8. The predicted octanol–water partition coefficient (Wildman–Crippen LogP) is 3.67. The first-order valence-electron chi connectivity index (χ1n) is 6.14. The van der Waals surface area contributed by atoms with Gasteiger partial charge in [-0.2, -0.15) is 0 Å². The van der Waals surface area contributed by atoms with E-state index < -0.39 is 6.09 Å². The largest absolute Gasteiger partial charge is 0.453 e. The molecule has 0 atom stereocenters. The number of amides is 1. The lowest BCUT2D eigenvalue weighted by Crippen LogP contribution is -2.25. The zero-order chi connectivity index (χ0) is 14.5. The van der Waals surface area contributed by atoms with Gasteiger partial charge in [-0.15, -0.1) is 11.3 Å². The number of hydrogen-bond acceptors (Lipinski definition) is 4. The normalized spacial score (nSPS) is 10.3. The van der Waals surface area contributed by atoms with E-state index in [0.29, 0.717) is 11.6 Å². The molecule has 4 nitrogen and oxygen atoms in total. The Labute approximate surface area is 126 Å². The van der Waals surface area contributed by atoms with Crippen LogP contribution in [-0.4, -0.2) is 24.7 Å². The molecule has 0 radical (unpaired) electrons. The van der Waals surface area contributed by atoms with Crippen LogP contribution in [0.2, 0.25) is 5.02 Å². The van der Waals surface area contributed by atoms with Gasteiger partial charge in [-0.3, -0.25) is 0 Å². The van der Waals surface area contributed by atoms with E-state index in [9.17, 15) is 4.79 Å². The zero-order valence-electron chi connectivity index (χ0n) is 11.3. The number of rotatable bonds is 4. The molecule has 0 saturated carbocycles. The number of halogens is 1. The molecule has 0 fully saturated rings. The van der Waals surface area contributed by atoms with Crippen LogP contribution in [-0.2, 0) is 11.2 Å². The number of nitrogens with zero attached hydrogens (tertiary/aromatic N) is 1. The molecule has 20 heavy (non-hydrogen) atoms. The van der Waals surface area contributed by atoms with Crippen LogP contribution in [0, 0.1) is 6.92 Å². The molecule has 0 saturated heterocycles. The minimum absolute atomic E-state index is 0.412. The third-order valence-corrected chi connectivity index (χ3v) is 4.31. The molecule has 0 aliphatic carbocycles. The summed E-state index contributed by atoms with van der Waals surface area (Å²) in [6.45, 7) is 2.51. The summed E-state index contributed by atoms with van der Waals surface area (Å²) in [4.78, 5) is 16.7. The molecule has 1 aromatic carbocycles. The molecule has 2 rings (SSSR count). The van der Waals surface area contributed by atoms with Crippen LogP contribution in [0.1, 0.15) is 10.6 Å². The molecule has 1 aromatic heterocycles. The first-order chi connectivity index (χ1) is 9.60. The van der Waals surface area contributed by atoms with Crippen molar-refractivity contribution in [3.8, 4) is 10.6 Å². The number of aromatic nitrogens is 1. The van der Waals surface area contributed by atoms with Crippen molar-refractivity contribution >= 4 is 29.0 Å². The molecule has 0 aliphatic heterocycles. The molecule has 1 N–H and O–H groups in total. The number of benzene rings is 1. The fraction of sp³-hybridized carbons (Fsp3) is 0.286. The predicted molar refractivity (Wildman–Crippen MR) is 81.4 cm³/mol. The van der Waals surface area contributed by atoms with E-state index in [1.165, 1.54) is 7.11 Å². The lowest BCUT2D eigenvalue weighted by Gasteiger charge is -2.01. The second-order valence-electron chi connectivity index (χ2n) is 4.20. The van der Waals surface area contributed by atoms with Gasteiger partial charge < -0.3 is 10.1 Å². The molecule has 0 spiro atoms. The summed E-state index contributed by atoms with van der Waals surface area (Å²) in [5, 5.41) is 4.34. The fourth-order valence-corrected chi connectivity index (χ4v) is 2.92. The second-order valence-corrected chi connectivity index (χ2v) is 5.72. The average molecular weight is 311 g/mol. The summed E-state index contributed by atoms with van der Waals surface area (Å²) in [7, 11) is 1.35. The maximum atomic E-state index is 11.0. The second kappa shape index (κ2) is 6.72. The van der Waals surface area contributed by atoms with Crippen molar-refractivity contribution in [2.75, 3.05) is 13.7 Å². The van der Waals surface area contributed by atoms with E-state index in [2.05, 4.69) is 15.0 Å². The summed E-state index contributed by atoms with van der Waals surface area (Å²) >= 11 is 7.51. The Morgan fingerprint density at radius 2 is 2.10 bits per heavy atom. The standard InChI is InChI=1S/C14H15ClN2O2S/c1-9-12(7-8-16-14(18)19-2)20-13(17-9)10-3-5-11(15)6-4-10/h3-6H,7-8H2,1-2H3,(H,16,18). The maximum Gasteiger partial charge on any atom is 0.406 e. The Bertz CT molecular complexity index is 596. The Morgan fingerprint density at radius 1 is 1.40 bits per heavy atom. The minimum Gasteiger partial charge on any atom is -0.453 e. The number of carbonyl (C=O) groups is 1. The summed E-state index contributed by atoms with van der Waals surface area (Å²) in [5.74, 6) is 0. The van der Waals surface area contributed by atoms with E-state index in [1.54, 1.807) is 11.3 Å². The molecule has 2 aromatic rings. The molecule has 1 amide bonds. The van der Waals surface area contributed by atoms with Gasteiger partial charge in [-0.05, 0) is 19.1 Å². The van der Waals surface area contributed by atoms with Crippen LogP contribution in [0.25, 0.3) is 10.6 Å². The molecule has 6 heteroatoms.